The highest BCUT2D eigenvalue weighted by atomic mass is 32.2. The monoisotopic (exact) mass is 343 g/mol. The predicted octanol–water partition coefficient (Wildman–Crippen LogP) is 4.23. The van der Waals surface area contributed by atoms with Crippen LogP contribution in [0.5, 0.6) is 0 Å². The first-order valence-corrected chi connectivity index (χ1v) is 9.98. The van der Waals surface area contributed by atoms with Gasteiger partial charge < -0.3 is 0 Å². The first-order chi connectivity index (χ1) is 11.0. The lowest BCUT2D eigenvalue weighted by atomic mass is 10.2. The van der Waals surface area contributed by atoms with E-state index in [0.29, 0.717) is 5.69 Å². The Kier molecular flexibility index (Phi) is 4.59. The van der Waals surface area contributed by atoms with E-state index >= 15 is 0 Å². The lowest BCUT2D eigenvalue weighted by Gasteiger charge is -2.02. The van der Waals surface area contributed by atoms with Gasteiger partial charge in [0.1, 0.15) is 5.01 Å². The molecule has 23 heavy (non-hydrogen) atoms. The molecule has 0 amide bonds. The topological polar surface area (TPSA) is 47.0 Å². The summed E-state index contributed by atoms with van der Waals surface area (Å²) in [5.74, 6) is 0.0233. The van der Waals surface area contributed by atoms with Gasteiger partial charge in [0.15, 0.2) is 9.84 Å². The molecule has 0 fully saturated rings. The van der Waals surface area contributed by atoms with Gasteiger partial charge in [-0.1, -0.05) is 60.2 Å². The fraction of sp³-hybridized carbons (Fsp3) is 0.167. The van der Waals surface area contributed by atoms with E-state index in [1.54, 1.807) is 0 Å². The van der Waals surface area contributed by atoms with Crippen molar-refractivity contribution in [3.63, 3.8) is 0 Å². The number of hydrogen-bond acceptors (Lipinski definition) is 4. The van der Waals surface area contributed by atoms with Crippen LogP contribution in [0.2, 0.25) is 0 Å². The third-order valence-corrected chi connectivity index (χ3v) is 5.90. The molecule has 0 radical (unpaired) electrons. The fourth-order valence-corrected chi connectivity index (χ4v) is 4.64. The number of hydrogen-bond donors (Lipinski definition) is 0. The SMILES string of the molecule is Cc1ccc(-c2nc(CS(=O)(=O)Cc3ccccc3)cs2)cc1. The van der Waals surface area contributed by atoms with Crippen molar-refractivity contribution in [1.82, 2.24) is 4.98 Å². The van der Waals surface area contributed by atoms with E-state index in [0.717, 1.165) is 16.1 Å². The van der Waals surface area contributed by atoms with Crippen LogP contribution in [0, 0.1) is 6.92 Å². The first kappa shape index (κ1) is 15.9. The zero-order chi connectivity index (χ0) is 16.3. The number of aryl methyl sites for hydroxylation is 1. The number of thiazole rings is 1. The molecule has 3 aromatic rings. The van der Waals surface area contributed by atoms with Crippen LogP contribution in [0.3, 0.4) is 0 Å². The Morgan fingerprint density at radius 3 is 2.35 bits per heavy atom. The summed E-state index contributed by atoms with van der Waals surface area (Å²) in [7, 11) is -3.22. The van der Waals surface area contributed by atoms with Gasteiger partial charge in [-0.05, 0) is 12.5 Å². The summed E-state index contributed by atoms with van der Waals surface area (Å²) in [5, 5.41) is 2.69. The van der Waals surface area contributed by atoms with Crippen molar-refractivity contribution >= 4 is 21.2 Å². The molecular formula is C18H17NO2S2. The van der Waals surface area contributed by atoms with Crippen molar-refractivity contribution in [1.29, 1.82) is 0 Å². The number of benzene rings is 2. The highest BCUT2D eigenvalue weighted by Gasteiger charge is 2.15. The Labute approximate surface area is 140 Å². The van der Waals surface area contributed by atoms with Crippen molar-refractivity contribution in [2.45, 2.75) is 18.4 Å². The van der Waals surface area contributed by atoms with Crippen molar-refractivity contribution in [2.75, 3.05) is 0 Å². The van der Waals surface area contributed by atoms with E-state index in [9.17, 15) is 8.42 Å². The molecule has 5 heteroatoms. The van der Waals surface area contributed by atoms with Gasteiger partial charge >= 0.3 is 0 Å². The molecule has 2 aromatic carbocycles. The zero-order valence-electron chi connectivity index (χ0n) is 12.8. The molecule has 0 aliphatic carbocycles. The maximum absolute atomic E-state index is 12.3. The van der Waals surface area contributed by atoms with E-state index in [4.69, 9.17) is 0 Å². The van der Waals surface area contributed by atoms with Gasteiger partial charge in [0.25, 0.3) is 0 Å². The minimum atomic E-state index is -3.22. The second kappa shape index (κ2) is 6.64. The lowest BCUT2D eigenvalue weighted by molar-refractivity contribution is 0.594. The van der Waals surface area contributed by atoms with E-state index in [-0.39, 0.29) is 11.5 Å². The number of sulfone groups is 1. The van der Waals surface area contributed by atoms with Gasteiger partial charge in [-0.25, -0.2) is 13.4 Å². The van der Waals surface area contributed by atoms with E-state index in [1.807, 2.05) is 66.9 Å². The molecule has 0 saturated heterocycles. The Balaban J connectivity index is 1.74. The summed E-state index contributed by atoms with van der Waals surface area (Å²) >= 11 is 1.48. The van der Waals surface area contributed by atoms with Crippen LogP contribution in [0.4, 0.5) is 0 Å². The smallest absolute Gasteiger partial charge is 0.160 e. The minimum absolute atomic E-state index is 0.0236. The number of nitrogens with zero attached hydrogens (tertiary/aromatic N) is 1. The Hall–Kier alpha value is -1.98. The average Bonchev–Trinajstić information content (AvgIpc) is 2.96. The summed E-state index contributed by atoms with van der Waals surface area (Å²) in [4.78, 5) is 4.48. The van der Waals surface area contributed by atoms with Crippen molar-refractivity contribution in [3.05, 3.63) is 76.8 Å². The first-order valence-electron chi connectivity index (χ1n) is 7.28. The van der Waals surface area contributed by atoms with Crippen molar-refractivity contribution in [2.24, 2.45) is 0 Å². The normalized spacial score (nSPS) is 11.5. The quantitative estimate of drug-likeness (QED) is 0.696. The highest BCUT2D eigenvalue weighted by Crippen LogP contribution is 2.25. The molecule has 0 unspecified atom stereocenters. The Bertz CT molecular complexity index is 882. The molecule has 1 aromatic heterocycles. The van der Waals surface area contributed by atoms with Crippen LogP contribution in [0.1, 0.15) is 16.8 Å². The fourth-order valence-electron chi connectivity index (χ4n) is 2.31. The molecule has 0 saturated carbocycles. The molecule has 0 spiro atoms. The maximum Gasteiger partial charge on any atom is 0.160 e. The van der Waals surface area contributed by atoms with Gasteiger partial charge in [0.2, 0.25) is 0 Å². The van der Waals surface area contributed by atoms with Crippen LogP contribution in [-0.4, -0.2) is 13.4 Å². The lowest BCUT2D eigenvalue weighted by Crippen LogP contribution is -2.07. The molecule has 0 aliphatic heterocycles. The molecule has 0 N–H and O–H groups in total. The summed E-state index contributed by atoms with van der Waals surface area (Å²) in [5.41, 5.74) is 3.63. The van der Waals surface area contributed by atoms with Gasteiger partial charge in [-0.2, -0.15) is 0 Å². The second-order valence-electron chi connectivity index (χ2n) is 5.53. The molecule has 0 aliphatic rings. The third kappa shape index (κ3) is 4.27. The Morgan fingerprint density at radius 1 is 0.957 bits per heavy atom. The van der Waals surface area contributed by atoms with Crippen molar-refractivity contribution < 1.29 is 8.42 Å². The molecular weight excluding hydrogens is 326 g/mol. The number of aromatic nitrogens is 1. The molecule has 118 valence electrons. The summed E-state index contributed by atoms with van der Waals surface area (Å²) in [6.07, 6.45) is 0. The standard InChI is InChI=1S/C18H17NO2S2/c1-14-7-9-16(10-8-14)18-19-17(11-22-18)13-23(20,21)12-15-5-3-2-4-6-15/h2-11H,12-13H2,1H3. The van der Waals surface area contributed by atoms with E-state index < -0.39 is 9.84 Å². The van der Waals surface area contributed by atoms with Gasteiger partial charge in [0, 0.05) is 10.9 Å². The van der Waals surface area contributed by atoms with Crippen molar-refractivity contribution in [3.8, 4) is 10.6 Å². The number of rotatable bonds is 5. The van der Waals surface area contributed by atoms with Crippen LogP contribution in [0.15, 0.2) is 60.0 Å². The molecule has 1 heterocycles. The van der Waals surface area contributed by atoms with Crippen LogP contribution < -0.4 is 0 Å². The summed E-state index contributed by atoms with van der Waals surface area (Å²) in [6, 6.07) is 17.3. The van der Waals surface area contributed by atoms with Crippen LogP contribution >= 0.6 is 11.3 Å². The molecule has 0 bridgehead atoms. The van der Waals surface area contributed by atoms with Gasteiger partial charge in [0.05, 0.1) is 17.2 Å². The summed E-state index contributed by atoms with van der Waals surface area (Å²) < 4.78 is 24.6. The highest BCUT2D eigenvalue weighted by molar-refractivity contribution is 7.89. The van der Waals surface area contributed by atoms with Gasteiger partial charge in [-0.15, -0.1) is 11.3 Å². The van der Waals surface area contributed by atoms with Gasteiger partial charge in [-0.3, -0.25) is 0 Å². The largest absolute Gasteiger partial charge is 0.240 e. The predicted molar refractivity (Wildman–Crippen MR) is 95.1 cm³/mol. The molecule has 0 atom stereocenters. The minimum Gasteiger partial charge on any atom is -0.240 e. The maximum atomic E-state index is 12.3. The van der Waals surface area contributed by atoms with E-state index in [2.05, 4.69) is 4.98 Å². The summed E-state index contributed by atoms with van der Waals surface area (Å²) in [6.45, 7) is 2.03. The molecule has 3 nitrogen and oxygen atoms in total. The second-order valence-corrected chi connectivity index (χ2v) is 8.45. The van der Waals surface area contributed by atoms with Crippen LogP contribution in [-0.2, 0) is 21.3 Å². The molecule has 3 rings (SSSR count). The third-order valence-electron chi connectivity index (χ3n) is 3.45. The van der Waals surface area contributed by atoms with Crippen LogP contribution in [0.25, 0.3) is 10.6 Å². The Morgan fingerprint density at radius 2 is 1.65 bits per heavy atom. The zero-order valence-corrected chi connectivity index (χ0v) is 14.4. The average molecular weight is 343 g/mol. The van der Waals surface area contributed by atoms with E-state index in [1.165, 1.54) is 16.9 Å².